The Labute approximate surface area is 156 Å². The van der Waals surface area contributed by atoms with Crippen LogP contribution in [-0.4, -0.2) is 26.9 Å². The van der Waals surface area contributed by atoms with E-state index in [2.05, 4.69) is 10.0 Å². The molecule has 0 saturated heterocycles. The molecule has 0 atom stereocenters. The van der Waals surface area contributed by atoms with Gasteiger partial charge in [-0.3, -0.25) is 4.79 Å². The van der Waals surface area contributed by atoms with E-state index in [1.54, 1.807) is 18.2 Å². The number of carbonyl (C=O) groups is 1. The highest BCUT2D eigenvalue weighted by atomic mass is 35.5. The Morgan fingerprint density at radius 2 is 1.92 bits per heavy atom. The molecule has 0 spiro atoms. The van der Waals surface area contributed by atoms with E-state index in [0.717, 1.165) is 12.8 Å². The van der Waals surface area contributed by atoms with Crippen LogP contribution in [0.25, 0.3) is 0 Å². The lowest BCUT2D eigenvalue weighted by molar-refractivity contribution is 0.0954. The molecule has 2 N–H and O–H groups in total. The molecule has 138 valence electrons. The van der Waals surface area contributed by atoms with Gasteiger partial charge in [-0.25, -0.2) is 17.5 Å². The van der Waals surface area contributed by atoms with Crippen LogP contribution in [0.2, 0.25) is 5.02 Å². The summed E-state index contributed by atoms with van der Waals surface area (Å²) >= 11 is 6.00. The maximum atomic E-state index is 13.6. The smallest absolute Gasteiger partial charge is 0.251 e. The topological polar surface area (TPSA) is 75.3 Å². The number of hydrogen-bond donors (Lipinski definition) is 2. The predicted molar refractivity (Wildman–Crippen MR) is 97.2 cm³/mol. The molecule has 0 bridgehead atoms. The monoisotopic (exact) mass is 396 g/mol. The number of halogens is 2. The van der Waals surface area contributed by atoms with Crippen LogP contribution in [0.1, 0.15) is 28.8 Å². The molecule has 0 aliphatic heterocycles. The van der Waals surface area contributed by atoms with Crippen molar-refractivity contribution in [2.75, 3.05) is 6.54 Å². The van der Waals surface area contributed by atoms with E-state index in [0.29, 0.717) is 12.0 Å². The molecule has 3 rings (SSSR count). The van der Waals surface area contributed by atoms with Crippen LogP contribution < -0.4 is 10.0 Å². The molecule has 1 fully saturated rings. The van der Waals surface area contributed by atoms with Crippen molar-refractivity contribution in [3.63, 3.8) is 0 Å². The third-order valence-electron chi connectivity index (χ3n) is 4.02. The lowest BCUT2D eigenvalue weighted by Crippen LogP contribution is -2.28. The van der Waals surface area contributed by atoms with E-state index >= 15 is 0 Å². The first kappa shape index (κ1) is 18.8. The second-order valence-corrected chi connectivity index (χ2v) is 8.23. The summed E-state index contributed by atoms with van der Waals surface area (Å²) in [6, 6.07) is 10.4. The van der Waals surface area contributed by atoms with Crippen LogP contribution in [0, 0.1) is 5.82 Å². The molecule has 1 saturated carbocycles. The summed E-state index contributed by atoms with van der Waals surface area (Å²) in [5, 5.41) is 2.72. The van der Waals surface area contributed by atoms with Crippen molar-refractivity contribution in [1.82, 2.24) is 10.0 Å². The van der Waals surface area contributed by atoms with Gasteiger partial charge in [0.1, 0.15) is 10.7 Å². The lowest BCUT2D eigenvalue weighted by Gasteiger charge is -2.10. The number of amides is 1. The average molecular weight is 397 g/mol. The van der Waals surface area contributed by atoms with E-state index < -0.39 is 15.9 Å². The number of rotatable bonds is 7. The van der Waals surface area contributed by atoms with Crippen LogP contribution in [0.15, 0.2) is 47.4 Å². The predicted octanol–water partition coefficient (Wildman–Crippen LogP) is 2.89. The van der Waals surface area contributed by atoms with Crippen molar-refractivity contribution in [3.05, 3.63) is 64.4 Å². The fourth-order valence-corrected chi connectivity index (χ4v) is 4.28. The first-order valence-corrected chi connectivity index (χ1v) is 10.1. The molecule has 2 aromatic carbocycles. The highest BCUT2D eigenvalue weighted by Crippen LogP contribution is 2.26. The maximum Gasteiger partial charge on any atom is 0.251 e. The average Bonchev–Trinajstić information content (AvgIpc) is 3.40. The van der Waals surface area contributed by atoms with Gasteiger partial charge in [-0.15, -0.1) is 0 Å². The number of carbonyl (C=O) groups excluding carboxylic acids is 1. The lowest BCUT2D eigenvalue weighted by atomic mass is 10.1. The standard InChI is InChI=1S/C18H18ClFN2O3S/c19-15-8-5-13(11-17(15)26(24,25)22-14-6-7-14)18(23)21-10-9-12-3-1-2-4-16(12)20/h1-5,8,11,14,22H,6-7,9-10H2,(H,21,23). The molecule has 8 heteroatoms. The number of sulfonamides is 1. The Hall–Kier alpha value is -1.96. The zero-order valence-corrected chi connectivity index (χ0v) is 15.4. The normalized spacial score (nSPS) is 14.2. The van der Waals surface area contributed by atoms with Crippen LogP contribution in [0.5, 0.6) is 0 Å². The van der Waals surface area contributed by atoms with Gasteiger partial charge in [-0.1, -0.05) is 29.8 Å². The van der Waals surface area contributed by atoms with Gasteiger partial charge in [0.15, 0.2) is 0 Å². The van der Waals surface area contributed by atoms with E-state index in [4.69, 9.17) is 11.6 Å². The summed E-state index contributed by atoms with van der Waals surface area (Å²) in [6.07, 6.45) is 1.93. The zero-order chi connectivity index (χ0) is 18.7. The van der Waals surface area contributed by atoms with E-state index in [1.807, 2.05) is 0 Å². The van der Waals surface area contributed by atoms with Gasteiger partial charge in [0.25, 0.3) is 5.91 Å². The molecule has 5 nitrogen and oxygen atoms in total. The Morgan fingerprint density at radius 3 is 2.62 bits per heavy atom. The van der Waals surface area contributed by atoms with E-state index in [-0.39, 0.29) is 33.9 Å². The minimum absolute atomic E-state index is 0.0565. The van der Waals surface area contributed by atoms with E-state index in [9.17, 15) is 17.6 Å². The van der Waals surface area contributed by atoms with Gasteiger partial charge in [-0.2, -0.15) is 0 Å². The Bertz CT molecular complexity index is 930. The van der Waals surface area contributed by atoms with Gasteiger partial charge < -0.3 is 5.32 Å². The third kappa shape index (κ3) is 4.60. The highest BCUT2D eigenvalue weighted by molar-refractivity contribution is 7.89. The van der Waals surface area contributed by atoms with Crippen molar-refractivity contribution in [3.8, 4) is 0 Å². The van der Waals surface area contributed by atoms with Crippen molar-refractivity contribution in [1.29, 1.82) is 0 Å². The molecule has 1 aliphatic rings. The Morgan fingerprint density at radius 1 is 1.19 bits per heavy atom. The summed E-state index contributed by atoms with van der Waals surface area (Å²) in [6.45, 7) is 0.227. The molecular weight excluding hydrogens is 379 g/mol. The van der Waals surface area contributed by atoms with Gasteiger partial charge in [0, 0.05) is 18.2 Å². The van der Waals surface area contributed by atoms with Crippen molar-refractivity contribution in [2.45, 2.75) is 30.2 Å². The minimum atomic E-state index is -3.76. The molecule has 0 unspecified atom stereocenters. The van der Waals surface area contributed by atoms with E-state index in [1.165, 1.54) is 24.3 Å². The summed E-state index contributed by atoms with van der Waals surface area (Å²) < 4.78 is 40.8. The Balaban J connectivity index is 1.67. The number of benzene rings is 2. The molecular formula is C18H18ClFN2O3S. The van der Waals surface area contributed by atoms with Crippen molar-refractivity contribution in [2.24, 2.45) is 0 Å². The van der Waals surface area contributed by atoms with Crippen LogP contribution in [0.3, 0.4) is 0 Å². The molecule has 26 heavy (non-hydrogen) atoms. The SMILES string of the molecule is O=C(NCCc1ccccc1F)c1ccc(Cl)c(S(=O)(=O)NC2CC2)c1. The third-order valence-corrected chi connectivity index (χ3v) is 6.02. The van der Waals surface area contributed by atoms with Gasteiger partial charge in [0.2, 0.25) is 10.0 Å². The van der Waals surface area contributed by atoms with Gasteiger partial charge in [-0.05, 0) is 49.1 Å². The van der Waals surface area contributed by atoms with Crippen LogP contribution in [0.4, 0.5) is 4.39 Å². The minimum Gasteiger partial charge on any atom is -0.352 e. The van der Waals surface area contributed by atoms with Crippen LogP contribution >= 0.6 is 11.6 Å². The summed E-state index contributed by atoms with van der Waals surface area (Å²) in [5.74, 6) is -0.770. The largest absolute Gasteiger partial charge is 0.352 e. The van der Waals surface area contributed by atoms with Crippen molar-refractivity contribution < 1.29 is 17.6 Å². The summed E-state index contributed by atoms with van der Waals surface area (Å²) in [5.41, 5.74) is 0.680. The van der Waals surface area contributed by atoms with Crippen molar-refractivity contribution >= 4 is 27.5 Å². The number of hydrogen-bond acceptors (Lipinski definition) is 3. The second kappa shape index (κ2) is 7.73. The molecule has 0 radical (unpaired) electrons. The second-order valence-electron chi connectivity index (χ2n) is 6.14. The number of nitrogens with one attached hydrogen (secondary N) is 2. The molecule has 1 amide bonds. The van der Waals surface area contributed by atoms with Gasteiger partial charge >= 0.3 is 0 Å². The van der Waals surface area contributed by atoms with Crippen LogP contribution in [-0.2, 0) is 16.4 Å². The first-order valence-electron chi connectivity index (χ1n) is 8.20. The molecule has 0 heterocycles. The fraction of sp³-hybridized carbons (Fsp3) is 0.278. The molecule has 0 aromatic heterocycles. The highest BCUT2D eigenvalue weighted by Gasteiger charge is 2.29. The first-order chi connectivity index (χ1) is 12.4. The zero-order valence-electron chi connectivity index (χ0n) is 13.8. The summed E-state index contributed by atoms with van der Waals surface area (Å²) in [4.78, 5) is 12.2. The fourth-order valence-electron chi connectivity index (χ4n) is 2.45. The van der Waals surface area contributed by atoms with Gasteiger partial charge in [0.05, 0.1) is 5.02 Å². The molecule has 2 aromatic rings. The Kier molecular flexibility index (Phi) is 5.60. The molecule has 1 aliphatic carbocycles. The quantitative estimate of drug-likeness (QED) is 0.755. The summed E-state index contributed by atoms with van der Waals surface area (Å²) in [7, 11) is -3.76. The maximum absolute atomic E-state index is 13.6.